The normalized spacial score (nSPS) is 17.2. The molecule has 8 nitrogen and oxygen atoms in total. The molecule has 0 unspecified atom stereocenters. The Morgan fingerprint density at radius 2 is 2.03 bits per heavy atom. The molecule has 1 aliphatic rings. The minimum atomic E-state index is 0.406. The van der Waals surface area contributed by atoms with Crippen LogP contribution in [-0.4, -0.2) is 55.7 Å². The lowest BCUT2D eigenvalue weighted by molar-refractivity contribution is 0.347. The van der Waals surface area contributed by atoms with E-state index in [1.165, 1.54) is 6.42 Å². The van der Waals surface area contributed by atoms with E-state index in [2.05, 4.69) is 47.4 Å². The van der Waals surface area contributed by atoms with Crippen LogP contribution in [0, 0.1) is 0 Å². The third kappa shape index (κ3) is 3.73. The lowest BCUT2D eigenvalue weighted by atomic mass is 10.1. The topological polar surface area (TPSA) is 85.3 Å². The Balaban J connectivity index is 1.57. The molecule has 1 fully saturated rings. The second-order valence-corrected chi connectivity index (χ2v) is 8.37. The largest absolute Gasteiger partial charge is 0.315 e. The Kier molecular flexibility index (Phi) is 5.29. The standard InChI is InChI=1S/C21H22N8S/c1-22-6-16-7-27-29-12-15(5-20(21(16)29)30-19-10-24-14-25-11-19)17-8-26-28(13-17)18-3-2-4-23-9-18/h5-8,10-14,18,23H,2-4,9H2,1H3/b22-6-/t18-/m0/s1. The van der Waals surface area contributed by atoms with Crippen molar-refractivity contribution < 1.29 is 0 Å². The molecule has 0 amide bonds. The van der Waals surface area contributed by atoms with Crippen molar-refractivity contribution in [2.45, 2.75) is 28.7 Å². The zero-order valence-electron chi connectivity index (χ0n) is 16.6. The lowest BCUT2D eigenvalue weighted by Gasteiger charge is -2.22. The third-order valence-corrected chi connectivity index (χ3v) is 6.20. The first kappa shape index (κ1) is 19.0. The summed E-state index contributed by atoms with van der Waals surface area (Å²) >= 11 is 1.62. The Morgan fingerprint density at radius 3 is 2.83 bits per heavy atom. The van der Waals surface area contributed by atoms with Crippen molar-refractivity contribution in [2.24, 2.45) is 4.99 Å². The summed E-state index contributed by atoms with van der Waals surface area (Å²) in [6.07, 6.45) is 17.3. The van der Waals surface area contributed by atoms with Gasteiger partial charge in [0.2, 0.25) is 0 Å². The van der Waals surface area contributed by atoms with Gasteiger partial charge in [0.1, 0.15) is 6.33 Å². The van der Waals surface area contributed by atoms with E-state index in [0.717, 1.165) is 51.5 Å². The maximum atomic E-state index is 4.64. The van der Waals surface area contributed by atoms with E-state index in [-0.39, 0.29) is 0 Å². The summed E-state index contributed by atoms with van der Waals surface area (Å²) in [6.45, 7) is 2.06. The van der Waals surface area contributed by atoms with Gasteiger partial charge < -0.3 is 5.32 Å². The fourth-order valence-corrected chi connectivity index (χ4v) is 4.76. The molecular weight excluding hydrogens is 396 g/mol. The highest BCUT2D eigenvalue weighted by atomic mass is 32.2. The first-order valence-corrected chi connectivity index (χ1v) is 10.7. The highest BCUT2D eigenvalue weighted by Crippen LogP contribution is 2.35. The van der Waals surface area contributed by atoms with Gasteiger partial charge in [0, 0.05) is 71.1 Å². The summed E-state index contributed by atoms with van der Waals surface area (Å²) in [5, 5.41) is 12.7. The molecule has 5 heterocycles. The molecule has 0 spiro atoms. The molecule has 0 saturated carbocycles. The lowest BCUT2D eigenvalue weighted by Crippen LogP contribution is -2.31. The fraction of sp³-hybridized carbons (Fsp3) is 0.286. The minimum Gasteiger partial charge on any atom is -0.315 e. The summed E-state index contributed by atoms with van der Waals surface area (Å²) in [4.78, 5) is 14.5. The highest BCUT2D eigenvalue weighted by molar-refractivity contribution is 7.99. The first-order chi connectivity index (χ1) is 14.8. The number of piperidine rings is 1. The van der Waals surface area contributed by atoms with Gasteiger partial charge in [-0.3, -0.25) is 9.67 Å². The maximum absolute atomic E-state index is 4.64. The second-order valence-electron chi connectivity index (χ2n) is 7.26. The second kappa shape index (κ2) is 8.37. The van der Waals surface area contributed by atoms with Crippen LogP contribution in [0.15, 0.2) is 64.4 Å². The van der Waals surface area contributed by atoms with Crippen LogP contribution in [0.5, 0.6) is 0 Å². The highest BCUT2D eigenvalue weighted by Gasteiger charge is 2.17. The van der Waals surface area contributed by atoms with Gasteiger partial charge in [0.15, 0.2) is 0 Å². The molecule has 1 N–H and O–H groups in total. The summed E-state index contributed by atoms with van der Waals surface area (Å²) in [6, 6.07) is 2.59. The number of hydrogen-bond donors (Lipinski definition) is 1. The molecule has 9 heteroatoms. The minimum absolute atomic E-state index is 0.406. The predicted octanol–water partition coefficient (Wildman–Crippen LogP) is 3.11. The van der Waals surface area contributed by atoms with Crippen LogP contribution in [0.4, 0.5) is 0 Å². The number of aromatic nitrogens is 6. The van der Waals surface area contributed by atoms with Crippen LogP contribution >= 0.6 is 11.8 Å². The molecule has 5 rings (SSSR count). The van der Waals surface area contributed by atoms with E-state index in [1.807, 2.05) is 41.7 Å². The van der Waals surface area contributed by atoms with Gasteiger partial charge in [-0.05, 0) is 25.5 Å². The zero-order chi connectivity index (χ0) is 20.3. The molecule has 30 heavy (non-hydrogen) atoms. The van der Waals surface area contributed by atoms with E-state index in [0.29, 0.717) is 6.04 Å². The van der Waals surface area contributed by atoms with Crippen LogP contribution in [0.1, 0.15) is 24.4 Å². The van der Waals surface area contributed by atoms with Gasteiger partial charge >= 0.3 is 0 Å². The van der Waals surface area contributed by atoms with E-state index in [4.69, 9.17) is 0 Å². The predicted molar refractivity (Wildman–Crippen MR) is 117 cm³/mol. The van der Waals surface area contributed by atoms with Crippen LogP contribution < -0.4 is 5.32 Å². The number of pyridine rings is 1. The molecule has 1 aliphatic heterocycles. The first-order valence-electron chi connectivity index (χ1n) is 9.93. The van der Waals surface area contributed by atoms with Gasteiger partial charge in [0.05, 0.1) is 24.0 Å². The van der Waals surface area contributed by atoms with Crippen molar-refractivity contribution >= 4 is 23.5 Å². The summed E-state index contributed by atoms with van der Waals surface area (Å²) in [5.41, 5.74) is 4.14. The molecule has 0 aromatic carbocycles. The van der Waals surface area contributed by atoms with Crippen molar-refractivity contribution in [1.82, 2.24) is 34.7 Å². The van der Waals surface area contributed by atoms with Crippen LogP contribution in [0.3, 0.4) is 0 Å². The van der Waals surface area contributed by atoms with Crippen LogP contribution in [0.2, 0.25) is 0 Å². The summed E-state index contributed by atoms with van der Waals surface area (Å²) in [7, 11) is 1.77. The zero-order valence-corrected chi connectivity index (χ0v) is 17.5. The van der Waals surface area contributed by atoms with E-state index in [1.54, 1.807) is 25.1 Å². The average Bonchev–Trinajstić information content (AvgIpc) is 3.43. The molecule has 4 aromatic heterocycles. The molecule has 1 saturated heterocycles. The fourth-order valence-electron chi connectivity index (χ4n) is 3.79. The van der Waals surface area contributed by atoms with E-state index in [9.17, 15) is 0 Å². The number of aliphatic imine (C=N–C) groups is 1. The van der Waals surface area contributed by atoms with Gasteiger partial charge in [-0.25, -0.2) is 14.5 Å². The third-order valence-electron chi connectivity index (χ3n) is 5.22. The SMILES string of the molecule is C/N=C\c1cnn2cc(-c3cnn([C@H]4CCCNC4)c3)cc(Sc3cncnc3)c12. The smallest absolute Gasteiger partial charge is 0.115 e. The van der Waals surface area contributed by atoms with Crippen molar-refractivity contribution in [1.29, 1.82) is 0 Å². The molecule has 0 bridgehead atoms. The van der Waals surface area contributed by atoms with Crippen molar-refractivity contribution in [2.75, 3.05) is 20.1 Å². The number of hydrogen-bond acceptors (Lipinski definition) is 7. The maximum Gasteiger partial charge on any atom is 0.115 e. The Hall–Kier alpha value is -3.04. The van der Waals surface area contributed by atoms with Crippen molar-refractivity contribution in [3.8, 4) is 11.1 Å². The number of fused-ring (bicyclic) bond motifs is 1. The van der Waals surface area contributed by atoms with Gasteiger partial charge in [-0.15, -0.1) is 0 Å². The molecule has 1 atom stereocenters. The van der Waals surface area contributed by atoms with Gasteiger partial charge in [-0.1, -0.05) is 11.8 Å². The van der Waals surface area contributed by atoms with Gasteiger partial charge in [-0.2, -0.15) is 10.2 Å². The van der Waals surface area contributed by atoms with Crippen molar-refractivity contribution in [3.63, 3.8) is 0 Å². The number of nitrogens with zero attached hydrogens (tertiary/aromatic N) is 7. The monoisotopic (exact) mass is 418 g/mol. The summed E-state index contributed by atoms with van der Waals surface area (Å²) < 4.78 is 4.00. The molecule has 0 aliphatic carbocycles. The Bertz CT molecular complexity index is 1170. The Morgan fingerprint density at radius 1 is 1.13 bits per heavy atom. The molecule has 152 valence electrons. The molecule has 4 aromatic rings. The van der Waals surface area contributed by atoms with Gasteiger partial charge in [0.25, 0.3) is 0 Å². The van der Waals surface area contributed by atoms with Crippen LogP contribution in [0.25, 0.3) is 16.6 Å². The van der Waals surface area contributed by atoms with Crippen LogP contribution in [-0.2, 0) is 0 Å². The van der Waals surface area contributed by atoms with E-state index >= 15 is 0 Å². The molecular formula is C21H22N8S. The van der Waals surface area contributed by atoms with Crippen molar-refractivity contribution in [3.05, 3.63) is 55.1 Å². The Labute approximate surface area is 178 Å². The average molecular weight is 419 g/mol. The number of rotatable bonds is 5. The number of nitrogens with one attached hydrogen (secondary N) is 1. The van der Waals surface area contributed by atoms with E-state index < -0.39 is 0 Å². The summed E-state index contributed by atoms with van der Waals surface area (Å²) in [5.74, 6) is 0. The quantitative estimate of drug-likeness (QED) is 0.501. The molecule has 0 radical (unpaired) electrons.